The first-order valence-corrected chi connectivity index (χ1v) is 9.48. The summed E-state index contributed by atoms with van der Waals surface area (Å²) < 4.78 is 10.8. The van der Waals surface area contributed by atoms with Crippen molar-refractivity contribution in [3.63, 3.8) is 0 Å². The van der Waals surface area contributed by atoms with Crippen molar-refractivity contribution in [2.24, 2.45) is 5.73 Å². The minimum atomic E-state index is -0.785. The average molecular weight is 413 g/mol. The Morgan fingerprint density at radius 1 is 1.00 bits per heavy atom. The number of primary amides is 1. The lowest BCUT2D eigenvalue weighted by molar-refractivity contribution is -0.149. The number of nitrogens with one attached hydrogen (secondary N) is 2. The fourth-order valence-corrected chi connectivity index (χ4v) is 2.67. The molecule has 1 atom stereocenters. The summed E-state index contributed by atoms with van der Waals surface area (Å²) in [6.07, 6.45) is -0.194. The van der Waals surface area contributed by atoms with Crippen LogP contribution >= 0.6 is 0 Å². The van der Waals surface area contributed by atoms with Crippen molar-refractivity contribution >= 4 is 17.9 Å². The number of hydrogen-bond acceptors (Lipinski definition) is 5. The maximum Gasteiger partial charge on any atom is 0.312 e. The quantitative estimate of drug-likeness (QED) is 0.575. The highest BCUT2D eigenvalue weighted by molar-refractivity contribution is 5.81. The molecular formula is C22H27N3O5. The molecule has 0 spiro atoms. The van der Waals surface area contributed by atoms with Gasteiger partial charge in [0, 0.05) is 5.54 Å². The van der Waals surface area contributed by atoms with Gasteiger partial charge < -0.3 is 25.8 Å². The molecule has 4 N–H and O–H groups in total. The molecule has 30 heavy (non-hydrogen) atoms. The predicted molar refractivity (Wildman–Crippen MR) is 112 cm³/mol. The van der Waals surface area contributed by atoms with Gasteiger partial charge in [-0.1, -0.05) is 30.3 Å². The third-order valence-electron chi connectivity index (χ3n) is 3.81. The van der Waals surface area contributed by atoms with Crippen molar-refractivity contribution in [3.05, 3.63) is 60.2 Å². The van der Waals surface area contributed by atoms with Crippen LogP contribution in [0.25, 0.3) is 0 Å². The molecule has 0 aliphatic heterocycles. The van der Waals surface area contributed by atoms with E-state index in [4.69, 9.17) is 15.2 Å². The smallest absolute Gasteiger partial charge is 0.312 e. The molecule has 0 heterocycles. The van der Waals surface area contributed by atoms with Gasteiger partial charge in [-0.3, -0.25) is 9.59 Å². The largest absolute Gasteiger partial charge is 0.457 e. The Balaban J connectivity index is 2.04. The number of amides is 3. The molecule has 0 saturated carbocycles. The van der Waals surface area contributed by atoms with E-state index in [0.717, 1.165) is 0 Å². The van der Waals surface area contributed by atoms with Crippen LogP contribution in [-0.4, -0.2) is 30.1 Å². The molecule has 0 aromatic heterocycles. The molecule has 160 valence electrons. The van der Waals surface area contributed by atoms with Crippen LogP contribution in [0.15, 0.2) is 54.6 Å². The highest BCUT2D eigenvalue weighted by Gasteiger charge is 2.21. The number of rotatable bonds is 8. The Bertz CT molecular complexity index is 878. The molecule has 0 fully saturated rings. The van der Waals surface area contributed by atoms with Gasteiger partial charge in [-0.15, -0.1) is 0 Å². The number of carbonyl (C=O) groups is 3. The Kier molecular flexibility index (Phi) is 7.80. The Morgan fingerprint density at radius 3 is 2.30 bits per heavy atom. The van der Waals surface area contributed by atoms with Crippen molar-refractivity contribution in [2.45, 2.75) is 38.8 Å². The number of benzene rings is 2. The number of carbonyl (C=O) groups excluding carboxylic acids is 3. The van der Waals surface area contributed by atoms with E-state index < -0.39 is 36.1 Å². The summed E-state index contributed by atoms with van der Waals surface area (Å²) in [5.74, 6) is 0.131. The number of hydrogen-bond donors (Lipinski definition) is 3. The second kappa shape index (κ2) is 10.3. The Labute approximate surface area is 175 Å². The van der Waals surface area contributed by atoms with E-state index in [1.165, 1.54) is 0 Å². The zero-order valence-electron chi connectivity index (χ0n) is 17.3. The van der Waals surface area contributed by atoms with E-state index in [-0.39, 0.29) is 6.42 Å². The fourth-order valence-electron chi connectivity index (χ4n) is 2.67. The second-order valence-electron chi connectivity index (χ2n) is 7.71. The zero-order valence-corrected chi connectivity index (χ0v) is 17.3. The van der Waals surface area contributed by atoms with Crippen molar-refractivity contribution in [3.8, 4) is 11.5 Å². The molecule has 0 aliphatic rings. The van der Waals surface area contributed by atoms with E-state index in [1.54, 1.807) is 24.3 Å². The van der Waals surface area contributed by atoms with Crippen LogP contribution < -0.4 is 21.1 Å². The summed E-state index contributed by atoms with van der Waals surface area (Å²) in [5.41, 5.74) is 5.44. The minimum Gasteiger partial charge on any atom is -0.457 e. The first-order chi connectivity index (χ1) is 14.1. The van der Waals surface area contributed by atoms with Crippen LogP contribution in [0.2, 0.25) is 0 Å². The van der Waals surface area contributed by atoms with Gasteiger partial charge in [-0.05, 0) is 50.6 Å². The number of nitrogens with two attached hydrogens (primary N) is 1. The first kappa shape index (κ1) is 22.7. The zero-order chi connectivity index (χ0) is 22.1. The first-order valence-electron chi connectivity index (χ1n) is 9.48. The van der Waals surface area contributed by atoms with Crippen LogP contribution in [0.1, 0.15) is 38.8 Å². The SMILES string of the molecule is CC(C)(C)NC(=O)COC(=O)C[C@@H](NC(N)=O)c1cccc(Oc2ccccc2)c1. The van der Waals surface area contributed by atoms with Gasteiger partial charge >= 0.3 is 12.0 Å². The molecule has 8 nitrogen and oxygen atoms in total. The van der Waals surface area contributed by atoms with Gasteiger partial charge in [0.2, 0.25) is 0 Å². The summed E-state index contributed by atoms with van der Waals surface area (Å²) in [6.45, 7) is 5.06. The normalized spacial score (nSPS) is 11.8. The van der Waals surface area contributed by atoms with Crippen LogP contribution in [0.4, 0.5) is 4.79 Å². The summed E-state index contributed by atoms with van der Waals surface area (Å²) in [4.78, 5) is 35.5. The predicted octanol–water partition coefficient (Wildman–Crippen LogP) is 3.04. The van der Waals surface area contributed by atoms with Gasteiger partial charge in [-0.2, -0.15) is 0 Å². The van der Waals surface area contributed by atoms with Gasteiger partial charge in [0.25, 0.3) is 5.91 Å². The maximum atomic E-state index is 12.2. The van der Waals surface area contributed by atoms with E-state index >= 15 is 0 Å². The van der Waals surface area contributed by atoms with Gasteiger partial charge in [0.15, 0.2) is 6.61 Å². The maximum absolute atomic E-state index is 12.2. The minimum absolute atomic E-state index is 0.194. The van der Waals surface area contributed by atoms with E-state index in [1.807, 2.05) is 51.1 Å². The number of urea groups is 1. The summed E-state index contributed by atoms with van der Waals surface area (Å²) in [7, 11) is 0. The Morgan fingerprint density at radius 2 is 1.67 bits per heavy atom. The van der Waals surface area contributed by atoms with Crippen LogP contribution in [-0.2, 0) is 14.3 Å². The molecular weight excluding hydrogens is 386 g/mol. The van der Waals surface area contributed by atoms with Gasteiger partial charge in [0.1, 0.15) is 11.5 Å². The van der Waals surface area contributed by atoms with Crippen LogP contribution in [0.3, 0.4) is 0 Å². The molecule has 8 heteroatoms. The molecule has 2 aromatic rings. The van der Waals surface area contributed by atoms with Crippen LogP contribution in [0.5, 0.6) is 11.5 Å². The highest BCUT2D eigenvalue weighted by Crippen LogP contribution is 2.26. The molecule has 0 bridgehead atoms. The van der Waals surface area contributed by atoms with Crippen molar-refractivity contribution in [1.82, 2.24) is 10.6 Å². The lowest BCUT2D eigenvalue weighted by Gasteiger charge is -2.21. The number of ether oxygens (including phenoxy) is 2. The Hall–Kier alpha value is -3.55. The summed E-state index contributed by atoms with van der Waals surface area (Å²) in [6, 6.07) is 14.6. The molecule has 0 unspecified atom stereocenters. The van der Waals surface area contributed by atoms with E-state index in [9.17, 15) is 14.4 Å². The summed E-state index contributed by atoms with van der Waals surface area (Å²) >= 11 is 0. The molecule has 0 radical (unpaired) electrons. The number of para-hydroxylation sites is 1. The fraction of sp³-hybridized carbons (Fsp3) is 0.318. The molecule has 2 rings (SSSR count). The third-order valence-corrected chi connectivity index (χ3v) is 3.81. The molecule has 3 amide bonds. The van der Waals surface area contributed by atoms with E-state index in [0.29, 0.717) is 17.1 Å². The summed E-state index contributed by atoms with van der Waals surface area (Å²) in [5, 5.41) is 5.23. The third kappa shape index (κ3) is 8.22. The molecule has 0 aliphatic carbocycles. The second-order valence-corrected chi connectivity index (χ2v) is 7.71. The van der Waals surface area contributed by atoms with E-state index in [2.05, 4.69) is 10.6 Å². The monoisotopic (exact) mass is 413 g/mol. The molecule has 0 saturated heterocycles. The van der Waals surface area contributed by atoms with Crippen molar-refractivity contribution in [2.75, 3.05) is 6.61 Å². The number of esters is 1. The lowest BCUT2D eigenvalue weighted by Crippen LogP contribution is -2.43. The van der Waals surface area contributed by atoms with Gasteiger partial charge in [-0.25, -0.2) is 4.79 Å². The van der Waals surface area contributed by atoms with Crippen molar-refractivity contribution < 1.29 is 23.9 Å². The highest BCUT2D eigenvalue weighted by atomic mass is 16.5. The average Bonchev–Trinajstić information content (AvgIpc) is 2.65. The standard InChI is InChI=1S/C22H27N3O5/c1-22(2,3)25-19(26)14-29-20(27)13-18(24-21(23)28)15-8-7-11-17(12-15)30-16-9-5-4-6-10-16/h4-12,18H,13-14H2,1-3H3,(H,25,26)(H3,23,24,28)/t18-/m1/s1. The van der Waals surface area contributed by atoms with Crippen LogP contribution in [0, 0.1) is 0 Å². The van der Waals surface area contributed by atoms with Crippen molar-refractivity contribution in [1.29, 1.82) is 0 Å². The molecule has 2 aromatic carbocycles. The van der Waals surface area contributed by atoms with Gasteiger partial charge in [0.05, 0.1) is 12.5 Å². The lowest BCUT2D eigenvalue weighted by atomic mass is 10.0. The topological polar surface area (TPSA) is 120 Å².